The molecule has 0 saturated carbocycles. The van der Waals surface area contributed by atoms with Crippen molar-refractivity contribution in [2.75, 3.05) is 19.7 Å². The number of H-pyrrole nitrogens is 1. The van der Waals surface area contributed by atoms with Crippen molar-refractivity contribution in [2.45, 2.75) is 31.0 Å². The quantitative estimate of drug-likeness (QED) is 0.603. The highest BCUT2D eigenvalue weighted by atomic mass is 19.4. The molecule has 1 fully saturated rings. The van der Waals surface area contributed by atoms with E-state index in [1.165, 1.54) is 23.2 Å². The van der Waals surface area contributed by atoms with Gasteiger partial charge in [0.15, 0.2) is 0 Å². The lowest BCUT2D eigenvalue weighted by Gasteiger charge is -2.43. The van der Waals surface area contributed by atoms with Gasteiger partial charge in [-0.3, -0.25) is 5.10 Å². The number of aromatic nitrogens is 2. The van der Waals surface area contributed by atoms with E-state index < -0.39 is 29.1 Å². The predicted molar refractivity (Wildman–Crippen MR) is 105 cm³/mol. The smallest absolute Gasteiger partial charge is 0.416 e. The third-order valence-corrected chi connectivity index (χ3v) is 6.03. The second-order valence-electron chi connectivity index (χ2n) is 8.00. The Balaban J connectivity index is 1.56. The van der Waals surface area contributed by atoms with Crippen LogP contribution in [0.1, 0.15) is 29.5 Å². The molecule has 1 aromatic heterocycles. The summed E-state index contributed by atoms with van der Waals surface area (Å²) in [6.45, 7) is 0.468. The second-order valence-corrected chi connectivity index (χ2v) is 8.00. The maximum atomic E-state index is 13.4. The summed E-state index contributed by atoms with van der Waals surface area (Å²) in [5.74, 6) is -0.400. The fraction of sp³-hybridized carbons (Fsp3) is 0.364. The molecule has 0 unspecified atom stereocenters. The van der Waals surface area contributed by atoms with Crippen molar-refractivity contribution < 1.29 is 32.2 Å². The molecule has 32 heavy (non-hydrogen) atoms. The molecule has 170 valence electrons. The first-order valence-electron chi connectivity index (χ1n) is 10.0. The Kier molecular flexibility index (Phi) is 5.81. The number of amides is 1. The molecular weight excluding hydrogens is 430 g/mol. The van der Waals surface area contributed by atoms with E-state index in [2.05, 4.69) is 10.2 Å². The fourth-order valence-electron chi connectivity index (χ4n) is 4.20. The van der Waals surface area contributed by atoms with E-state index in [9.17, 15) is 27.5 Å². The number of rotatable bonds is 5. The zero-order chi connectivity index (χ0) is 22.9. The normalized spacial score (nSPS) is 16.4. The van der Waals surface area contributed by atoms with Gasteiger partial charge in [0.25, 0.3) is 0 Å². The summed E-state index contributed by atoms with van der Waals surface area (Å²) in [5, 5.41) is 18.0. The van der Waals surface area contributed by atoms with Crippen molar-refractivity contribution in [1.29, 1.82) is 0 Å². The number of carboxylic acid groups (broad SMARTS) is 1. The van der Waals surface area contributed by atoms with Crippen LogP contribution in [-0.2, 0) is 22.9 Å². The monoisotopic (exact) mass is 450 g/mol. The maximum Gasteiger partial charge on any atom is 0.416 e. The third kappa shape index (κ3) is 4.40. The Morgan fingerprint density at radius 2 is 1.88 bits per heavy atom. The summed E-state index contributed by atoms with van der Waals surface area (Å²) < 4.78 is 59.2. The zero-order valence-electron chi connectivity index (χ0n) is 16.9. The Labute approximate surface area is 180 Å². The van der Waals surface area contributed by atoms with Crippen LogP contribution in [0, 0.1) is 5.82 Å². The summed E-state index contributed by atoms with van der Waals surface area (Å²) in [5.41, 5.74) is 0.163. The number of hydrogen-bond donors (Lipinski definition) is 1. The van der Waals surface area contributed by atoms with Crippen LogP contribution in [0.4, 0.5) is 22.4 Å². The number of nitrogens with one attached hydrogen (secondary N) is 1. The van der Waals surface area contributed by atoms with E-state index >= 15 is 0 Å². The van der Waals surface area contributed by atoms with Crippen LogP contribution in [0.25, 0.3) is 10.9 Å². The molecular formula is C22H20F4N3O3-. The molecule has 0 aliphatic carbocycles. The first-order valence-corrected chi connectivity index (χ1v) is 10.0. The average Bonchev–Trinajstić information content (AvgIpc) is 3.23. The van der Waals surface area contributed by atoms with Gasteiger partial charge in [-0.1, -0.05) is 12.1 Å². The number of halogens is 4. The molecule has 10 heteroatoms. The molecule has 0 atom stereocenters. The van der Waals surface area contributed by atoms with Crippen molar-refractivity contribution in [3.8, 4) is 0 Å². The van der Waals surface area contributed by atoms with Crippen LogP contribution in [0.5, 0.6) is 0 Å². The molecule has 2 heterocycles. The van der Waals surface area contributed by atoms with Gasteiger partial charge in [-0.15, -0.1) is 0 Å². The summed E-state index contributed by atoms with van der Waals surface area (Å²) in [6, 6.07) is 7.96. The number of ether oxygens (including phenoxy) is 1. The molecule has 4 rings (SSSR count). The summed E-state index contributed by atoms with van der Waals surface area (Å²) in [6.07, 6.45) is -3.62. The average molecular weight is 450 g/mol. The lowest BCUT2D eigenvalue weighted by atomic mass is 9.73. The van der Waals surface area contributed by atoms with E-state index in [-0.39, 0.29) is 26.3 Å². The lowest BCUT2D eigenvalue weighted by Crippen LogP contribution is -2.51. The van der Waals surface area contributed by atoms with Crippen LogP contribution in [-0.4, -0.2) is 40.9 Å². The molecule has 1 aliphatic heterocycles. The number of fused-ring (bicyclic) bond motifs is 1. The first-order chi connectivity index (χ1) is 15.2. The molecule has 1 aliphatic rings. The highest BCUT2D eigenvalue weighted by molar-refractivity contribution is 5.82. The topological polar surface area (TPSA) is 81.3 Å². The number of hydrogen-bond acceptors (Lipinski definition) is 4. The summed E-state index contributed by atoms with van der Waals surface area (Å²) in [7, 11) is 0. The molecule has 2 aromatic carbocycles. The second kappa shape index (κ2) is 8.42. The number of benzene rings is 2. The first kappa shape index (κ1) is 22.1. The minimum absolute atomic E-state index is 0.101. The van der Waals surface area contributed by atoms with Crippen molar-refractivity contribution in [2.24, 2.45) is 0 Å². The molecule has 6 nitrogen and oxygen atoms in total. The van der Waals surface area contributed by atoms with Crippen molar-refractivity contribution >= 4 is 17.0 Å². The lowest BCUT2D eigenvalue weighted by molar-refractivity contribution is -0.267. The van der Waals surface area contributed by atoms with Crippen molar-refractivity contribution in [1.82, 2.24) is 15.1 Å². The number of carbonyl (C=O) groups is 1. The number of alkyl halides is 3. The summed E-state index contributed by atoms with van der Waals surface area (Å²) in [4.78, 5) is 12.4. The minimum atomic E-state index is -4.51. The fourth-order valence-corrected chi connectivity index (χ4v) is 4.20. The largest absolute Gasteiger partial charge is 0.530 e. The number of aromatic amines is 1. The Morgan fingerprint density at radius 1 is 1.19 bits per heavy atom. The third-order valence-electron chi connectivity index (χ3n) is 6.03. The van der Waals surface area contributed by atoms with E-state index in [1.807, 2.05) is 0 Å². The summed E-state index contributed by atoms with van der Waals surface area (Å²) >= 11 is 0. The van der Waals surface area contributed by atoms with Gasteiger partial charge in [0.2, 0.25) is 0 Å². The van der Waals surface area contributed by atoms with E-state index in [1.54, 1.807) is 12.1 Å². The van der Waals surface area contributed by atoms with Gasteiger partial charge in [-0.05, 0) is 42.7 Å². The van der Waals surface area contributed by atoms with Crippen molar-refractivity contribution in [3.05, 3.63) is 65.1 Å². The van der Waals surface area contributed by atoms with Gasteiger partial charge in [-0.25, -0.2) is 4.39 Å². The van der Waals surface area contributed by atoms with E-state index in [0.717, 1.165) is 17.7 Å². The van der Waals surface area contributed by atoms with Crippen LogP contribution in [0.2, 0.25) is 0 Å². The van der Waals surface area contributed by atoms with E-state index in [4.69, 9.17) is 4.74 Å². The molecule has 1 amide bonds. The Hall–Kier alpha value is -3.14. The molecule has 0 radical (unpaired) electrons. The van der Waals surface area contributed by atoms with Gasteiger partial charge < -0.3 is 19.5 Å². The molecule has 1 N–H and O–H groups in total. The van der Waals surface area contributed by atoms with Crippen molar-refractivity contribution in [3.63, 3.8) is 0 Å². The molecule has 0 bridgehead atoms. The number of carbonyl (C=O) groups excluding carboxylic acids is 1. The van der Waals surface area contributed by atoms with Gasteiger partial charge in [-0.2, -0.15) is 18.3 Å². The number of piperidine rings is 1. The standard InChI is InChI=1S/C22H21F4N3O3/c23-18-3-1-16(2-4-18)21(5-7-29(8-6-21)20(30)31)13-32-12-15-10-17(22(24,25)26)9-14-11-27-28-19(14)15/h1-4,9-11H,5-8,12-13H2,(H,27,28)(H,30,31)/p-1. The zero-order valence-corrected chi connectivity index (χ0v) is 16.9. The highest BCUT2D eigenvalue weighted by Gasteiger charge is 2.37. The van der Waals surface area contributed by atoms with Gasteiger partial charge in [0, 0.05) is 29.5 Å². The minimum Gasteiger partial charge on any atom is -0.530 e. The molecule has 0 spiro atoms. The maximum absolute atomic E-state index is 13.4. The van der Waals surface area contributed by atoms with Gasteiger partial charge in [0.1, 0.15) is 11.9 Å². The van der Waals surface area contributed by atoms with Crippen LogP contribution < -0.4 is 5.11 Å². The van der Waals surface area contributed by atoms with Gasteiger partial charge in [0.05, 0.1) is 30.5 Å². The van der Waals surface area contributed by atoms with Crippen LogP contribution in [0.15, 0.2) is 42.6 Å². The molecule has 1 saturated heterocycles. The molecule has 3 aromatic rings. The highest BCUT2D eigenvalue weighted by Crippen LogP contribution is 2.37. The number of nitrogens with zero attached hydrogens (tertiary/aromatic N) is 2. The van der Waals surface area contributed by atoms with Crippen LogP contribution >= 0.6 is 0 Å². The Morgan fingerprint density at radius 3 is 2.50 bits per heavy atom. The van der Waals surface area contributed by atoms with E-state index in [0.29, 0.717) is 29.3 Å². The number of likely N-dealkylation sites (tertiary alicyclic amines) is 1. The Bertz CT molecular complexity index is 1100. The SMILES string of the molecule is O=C([O-])N1CCC(COCc2cc(C(F)(F)F)cc3cn[nH]c23)(c2ccc(F)cc2)CC1. The van der Waals surface area contributed by atoms with Gasteiger partial charge >= 0.3 is 6.18 Å². The van der Waals surface area contributed by atoms with Crippen LogP contribution in [0.3, 0.4) is 0 Å². The predicted octanol–water partition coefficient (Wildman–Crippen LogP) is 3.61.